The van der Waals surface area contributed by atoms with Crippen molar-refractivity contribution in [3.05, 3.63) is 57.9 Å². The number of H-pyrrole nitrogens is 1. The van der Waals surface area contributed by atoms with Crippen LogP contribution in [0.15, 0.2) is 46.6 Å². The number of thioether (sulfide) groups is 1. The van der Waals surface area contributed by atoms with Gasteiger partial charge < -0.3 is 10.6 Å². The van der Waals surface area contributed by atoms with Gasteiger partial charge in [-0.3, -0.25) is 14.9 Å². The second kappa shape index (κ2) is 7.78. The Bertz CT molecular complexity index is 856. The van der Waals surface area contributed by atoms with E-state index in [4.69, 9.17) is 5.73 Å². The quantitative estimate of drug-likeness (QED) is 0.845. The zero-order valence-corrected chi connectivity index (χ0v) is 15.9. The molecule has 7 heteroatoms. The van der Waals surface area contributed by atoms with Gasteiger partial charge in [-0.15, -0.1) is 0 Å². The zero-order valence-electron chi connectivity index (χ0n) is 15.1. The molecular weight excluding hydrogens is 346 g/mol. The number of hydrogen-bond donors (Lipinski definition) is 2. The lowest BCUT2D eigenvalue weighted by molar-refractivity contribution is -0.131. The molecule has 0 saturated heterocycles. The predicted molar refractivity (Wildman–Crippen MR) is 105 cm³/mol. The molecule has 3 N–H and O–H groups in total. The van der Waals surface area contributed by atoms with Gasteiger partial charge in [-0.2, -0.15) is 5.10 Å². The number of amides is 1. The molecule has 0 unspecified atom stereocenters. The lowest BCUT2D eigenvalue weighted by atomic mass is 10.0. The van der Waals surface area contributed by atoms with Gasteiger partial charge in [-0.25, -0.2) is 0 Å². The average molecular weight is 369 g/mol. The molecule has 0 aliphatic carbocycles. The van der Waals surface area contributed by atoms with Crippen LogP contribution < -0.4 is 5.73 Å². The van der Waals surface area contributed by atoms with Gasteiger partial charge in [0.05, 0.1) is 12.1 Å². The third kappa shape index (κ3) is 3.99. The number of allylic oxidation sites excluding steroid dienone is 2. The molecule has 3 heterocycles. The molecule has 0 saturated carbocycles. The molecule has 0 atom stereocenters. The molecule has 1 aliphatic heterocycles. The second-order valence-corrected chi connectivity index (χ2v) is 7.91. The Morgan fingerprint density at radius 1 is 1.38 bits per heavy atom. The number of hydrogen-bond acceptors (Lipinski definition) is 5. The summed E-state index contributed by atoms with van der Waals surface area (Å²) in [5, 5.41) is 7.56. The van der Waals surface area contributed by atoms with Gasteiger partial charge in [0, 0.05) is 59.3 Å². The molecule has 26 heavy (non-hydrogen) atoms. The van der Waals surface area contributed by atoms with Gasteiger partial charge in [0.25, 0.3) is 0 Å². The third-order valence-corrected chi connectivity index (χ3v) is 5.28. The van der Waals surface area contributed by atoms with E-state index >= 15 is 0 Å². The lowest BCUT2D eigenvalue weighted by Gasteiger charge is -2.27. The van der Waals surface area contributed by atoms with Gasteiger partial charge in [0.2, 0.25) is 5.91 Å². The number of nitrogens with two attached hydrogens (primary N) is 1. The number of pyridine rings is 1. The van der Waals surface area contributed by atoms with E-state index in [1.807, 2.05) is 30.9 Å². The SMILES string of the molecule is C=C(C)S/C(C)=C(\N)CC(=O)N1CCc2[nH]nc(-c3ccncc3)c2C1. The Balaban J connectivity index is 1.75. The molecular formula is C19H23N5OS. The van der Waals surface area contributed by atoms with Crippen LogP contribution in [-0.2, 0) is 17.8 Å². The van der Waals surface area contributed by atoms with Crippen molar-refractivity contribution in [1.29, 1.82) is 0 Å². The standard InChI is InChI=1S/C19H23N5OS/c1-12(2)26-13(3)16(20)10-18(25)24-9-6-17-15(11-24)19(23-22-17)14-4-7-21-8-5-14/h4-5,7-8H,1,6,9-11,20H2,2-3H3,(H,22,23)/b16-13-. The molecule has 0 radical (unpaired) electrons. The van der Waals surface area contributed by atoms with Crippen LogP contribution in [0.2, 0.25) is 0 Å². The molecule has 2 aromatic heterocycles. The predicted octanol–water partition coefficient (Wildman–Crippen LogP) is 3.20. The third-order valence-electron chi connectivity index (χ3n) is 4.36. The summed E-state index contributed by atoms with van der Waals surface area (Å²) >= 11 is 1.51. The summed E-state index contributed by atoms with van der Waals surface area (Å²) in [7, 11) is 0. The monoisotopic (exact) mass is 369 g/mol. The first-order valence-corrected chi connectivity index (χ1v) is 9.30. The highest BCUT2D eigenvalue weighted by atomic mass is 32.2. The van der Waals surface area contributed by atoms with Gasteiger partial charge in [0.15, 0.2) is 0 Å². The van der Waals surface area contributed by atoms with Crippen LogP contribution in [0.25, 0.3) is 11.3 Å². The minimum atomic E-state index is 0.0386. The molecule has 0 spiro atoms. The van der Waals surface area contributed by atoms with Crippen LogP contribution in [0.4, 0.5) is 0 Å². The van der Waals surface area contributed by atoms with Gasteiger partial charge in [-0.05, 0) is 30.9 Å². The molecule has 136 valence electrons. The van der Waals surface area contributed by atoms with Crippen molar-refractivity contribution in [3.63, 3.8) is 0 Å². The second-order valence-electron chi connectivity index (χ2n) is 6.39. The van der Waals surface area contributed by atoms with Crippen LogP contribution >= 0.6 is 11.8 Å². The minimum Gasteiger partial charge on any atom is -0.401 e. The summed E-state index contributed by atoms with van der Waals surface area (Å²) in [6.45, 7) is 8.93. The number of carbonyl (C=O) groups is 1. The van der Waals surface area contributed by atoms with E-state index < -0.39 is 0 Å². The van der Waals surface area contributed by atoms with E-state index in [1.54, 1.807) is 12.4 Å². The van der Waals surface area contributed by atoms with Crippen molar-refractivity contribution in [3.8, 4) is 11.3 Å². The van der Waals surface area contributed by atoms with Crippen molar-refractivity contribution in [1.82, 2.24) is 20.1 Å². The smallest absolute Gasteiger partial charge is 0.228 e. The van der Waals surface area contributed by atoms with Crippen molar-refractivity contribution < 1.29 is 4.79 Å². The summed E-state index contributed by atoms with van der Waals surface area (Å²) in [6, 6.07) is 3.85. The van der Waals surface area contributed by atoms with Crippen molar-refractivity contribution in [2.24, 2.45) is 5.73 Å². The summed E-state index contributed by atoms with van der Waals surface area (Å²) in [5.41, 5.74) is 10.8. The Kier molecular flexibility index (Phi) is 5.46. The largest absolute Gasteiger partial charge is 0.401 e. The molecule has 3 rings (SSSR count). The molecule has 0 fully saturated rings. The molecule has 0 bridgehead atoms. The molecule has 2 aromatic rings. The summed E-state index contributed by atoms with van der Waals surface area (Å²) in [4.78, 5) is 20.5. The maximum Gasteiger partial charge on any atom is 0.228 e. The first-order chi connectivity index (χ1) is 12.5. The Morgan fingerprint density at radius 2 is 2.12 bits per heavy atom. The highest BCUT2D eigenvalue weighted by molar-refractivity contribution is 8.06. The zero-order chi connectivity index (χ0) is 18.7. The van der Waals surface area contributed by atoms with Crippen molar-refractivity contribution in [2.75, 3.05) is 6.54 Å². The summed E-state index contributed by atoms with van der Waals surface area (Å²) in [5.74, 6) is 0.0386. The van der Waals surface area contributed by atoms with Crippen LogP contribution in [0, 0.1) is 0 Å². The molecule has 1 amide bonds. The number of nitrogens with one attached hydrogen (secondary N) is 1. The van der Waals surface area contributed by atoms with Crippen molar-refractivity contribution >= 4 is 17.7 Å². The number of aromatic nitrogens is 3. The summed E-state index contributed by atoms with van der Waals surface area (Å²) in [6.07, 6.45) is 4.48. The van der Waals surface area contributed by atoms with Gasteiger partial charge >= 0.3 is 0 Å². The highest BCUT2D eigenvalue weighted by Gasteiger charge is 2.26. The lowest BCUT2D eigenvalue weighted by Crippen LogP contribution is -2.36. The Labute approximate surface area is 157 Å². The first-order valence-electron chi connectivity index (χ1n) is 8.48. The van der Waals surface area contributed by atoms with Crippen LogP contribution in [-0.4, -0.2) is 32.5 Å². The molecule has 0 aromatic carbocycles. The normalized spacial score (nSPS) is 14.6. The van der Waals surface area contributed by atoms with Crippen LogP contribution in [0.1, 0.15) is 31.5 Å². The number of nitrogens with zero attached hydrogens (tertiary/aromatic N) is 3. The fourth-order valence-corrected chi connectivity index (χ4v) is 3.71. The first kappa shape index (κ1) is 18.3. The minimum absolute atomic E-state index is 0.0386. The number of aromatic amines is 1. The van der Waals surface area contributed by atoms with Crippen LogP contribution in [0.3, 0.4) is 0 Å². The van der Waals surface area contributed by atoms with Gasteiger partial charge in [0.1, 0.15) is 0 Å². The number of carbonyl (C=O) groups excluding carboxylic acids is 1. The van der Waals surface area contributed by atoms with E-state index in [9.17, 15) is 4.79 Å². The average Bonchev–Trinajstić information content (AvgIpc) is 3.04. The molecule has 1 aliphatic rings. The maximum atomic E-state index is 12.7. The van der Waals surface area contributed by atoms with Crippen LogP contribution in [0.5, 0.6) is 0 Å². The number of fused-ring (bicyclic) bond motifs is 1. The Hall–Kier alpha value is -2.54. The molecule has 6 nitrogen and oxygen atoms in total. The van der Waals surface area contributed by atoms with E-state index in [1.165, 1.54) is 11.8 Å². The van der Waals surface area contributed by atoms with E-state index in [0.29, 0.717) is 18.8 Å². The van der Waals surface area contributed by atoms with Gasteiger partial charge in [-0.1, -0.05) is 18.3 Å². The summed E-state index contributed by atoms with van der Waals surface area (Å²) < 4.78 is 0. The van der Waals surface area contributed by atoms with E-state index in [-0.39, 0.29) is 12.3 Å². The van der Waals surface area contributed by atoms with E-state index in [2.05, 4.69) is 21.8 Å². The fourth-order valence-electron chi connectivity index (χ4n) is 2.98. The highest BCUT2D eigenvalue weighted by Crippen LogP contribution is 2.29. The topological polar surface area (TPSA) is 87.9 Å². The Morgan fingerprint density at radius 3 is 2.81 bits per heavy atom. The van der Waals surface area contributed by atoms with Crippen molar-refractivity contribution in [2.45, 2.75) is 33.2 Å². The number of rotatable bonds is 5. The maximum absolute atomic E-state index is 12.7. The fraction of sp³-hybridized carbons (Fsp3) is 0.316. The van der Waals surface area contributed by atoms with E-state index in [0.717, 1.165) is 38.7 Å².